The number of carbonyl (C=O) groups is 1. The Morgan fingerprint density at radius 3 is 2.80 bits per heavy atom. The molecule has 1 atom stereocenters. The number of fused-ring (bicyclic) bond motifs is 2. The smallest absolute Gasteiger partial charge is 0.246 e. The number of hydrogen-bond donors (Lipinski definition) is 0. The Bertz CT molecular complexity index is 995. The largest absolute Gasteiger partial charge is 0.372 e. The molecule has 3 aliphatic rings. The van der Waals surface area contributed by atoms with Gasteiger partial charge >= 0.3 is 0 Å². The van der Waals surface area contributed by atoms with Gasteiger partial charge in [0.15, 0.2) is 0 Å². The number of benzene rings is 1. The molecule has 3 heterocycles. The summed E-state index contributed by atoms with van der Waals surface area (Å²) in [5.74, 6) is 1.55. The van der Waals surface area contributed by atoms with Crippen LogP contribution < -0.4 is 4.90 Å². The summed E-state index contributed by atoms with van der Waals surface area (Å²) in [5, 5.41) is 0. The maximum absolute atomic E-state index is 11.9. The first kappa shape index (κ1) is 19.2. The lowest BCUT2D eigenvalue weighted by Gasteiger charge is -2.37. The monoisotopic (exact) mass is 404 g/mol. The van der Waals surface area contributed by atoms with Gasteiger partial charge in [0.25, 0.3) is 0 Å². The molecule has 0 radical (unpaired) electrons. The highest BCUT2D eigenvalue weighted by Gasteiger charge is 2.30. The van der Waals surface area contributed by atoms with Crippen LogP contribution in [-0.4, -0.2) is 47.0 Å². The number of piperazine rings is 1. The average Bonchev–Trinajstić information content (AvgIpc) is 3.26. The van der Waals surface area contributed by atoms with E-state index in [-0.39, 0.29) is 5.91 Å². The molecule has 1 saturated heterocycles. The van der Waals surface area contributed by atoms with Gasteiger partial charge in [0.1, 0.15) is 12.1 Å². The Morgan fingerprint density at radius 1 is 1.17 bits per heavy atom. The number of ether oxygens (including phenoxy) is 1. The van der Waals surface area contributed by atoms with Crippen molar-refractivity contribution in [2.45, 2.75) is 45.3 Å². The summed E-state index contributed by atoms with van der Waals surface area (Å²) in [5.41, 5.74) is 8.06. The summed E-state index contributed by atoms with van der Waals surface area (Å²) in [4.78, 5) is 25.4. The average molecular weight is 405 g/mol. The summed E-state index contributed by atoms with van der Waals surface area (Å²) in [7, 11) is 0. The fourth-order valence-corrected chi connectivity index (χ4v) is 5.27. The first-order valence-corrected chi connectivity index (χ1v) is 10.8. The molecule has 2 aromatic rings. The molecular formula is C24H28N4O2. The van der Waals surface area contributed by atoms with Gasteiger partial charge in [0, 0.05) is 37.4 Å². The molecule has 6 heteroatoms. The van der Waals surface area contributed by atoms with E-state index in [1.807, 2.05) is 4.90 Å². The molecule has 30 heavy (non-hydrogen) atoms. The molecule has 156 valence electrons. The lowest BCUT2D eigenvalue weighted by Crippen LogP contribution is -2.49. The zero-order chi connectivity index (χ0) is 20.7. The molecule has 5 rings (SSSR count). The minimum absolute atomic E-state index is 0.0111. The molecule has 6 nitrogen and oxygen atoms in total. The predicted octanol–water partition coefficient (Wildman–Crippen LogP) is 2.92. The number of anilines is 1. The van der Waals surface area contributed by atoms with Crippen LogP contribution in [0.25, 0.3) is 0 Å². The molecular weight excluding hydrogens is 376 g/mol. The highest BCUT2D eigenvalue weighted by Crippen LogP contribution is 2.40. The first-order chi connectivity index (χ1) is 14.7. The maximum Gasteiger partial charge on any atom is 0.246 e. The van der Waals surface area contributed by atoms with E-state index in [1.54, 1.807) is 6.33 Å². The normalized spacial score (nSPS) is 20.6. The summed E-state index contributed by atoms with van der Waals surface area (Å²) in [6.07, 6.45) is 6.17. The number of aryl methyl sites for hydroxylation is 1. The molecule has 1 aromatic carbocycles. The SMILES string of the molecule is C=CC(=O)N1CCN(c2ncnc3c2CC[C@H](c2c(C)ccc4c2COC4)C3)CC1. The summed E-state index contributed by atoms with van der Waals surface area (Å²) >= 11 is 0. The third-order valence-electron chi connectivity index (χ3n) is 6.84. The van der Waals surface area contributed by atoms with Gasteiger partial charge in [0.05, 0.1) is 13.2 Å². The van der Waals surface area contributed by atoms with Crippen molar-refractivity contribution < 1.29 is 9.53 Å². The van der Waals surface area contributed by atoms with Crippen LogP contribution in [0.5, 0.6) is 0 Å². The van der Waals surface area contributed by atoms with E-state index in [0.29, 0.717) is 19.0 Å². The second-order valence-electron chi connectivity index (χ2n) is 8.51. The third-order valence-corrected chi connectivity index (χ3v) is 6.84. The first-order valence-electron chi connectivity index (χ1n) is 10.8. The van der Waals surface area contributed by atoms with Crippen LogP contribution in [0, 0.1) is 6.92 Å². The van der Waals surface area contributed by atoms with Crippen molar-refractivity contribution in [3.8, 4) is 0 Å². The summed E-state index contributed by atoms with van der Waals surface area (Å²) in [6.45, 7) is 10.3. The Labute approximate surface area is 177 Å². The molecule has 0 spiro atoms. The van der Waals surface area contributed by atoms with Crippen LogP contribution in [0.4, 0.5) is 5.82 Å². The molecule has 2 aliphatic heterocycles. The van der Waals surface area contributed by atoms with Crippen LogP contribution >= 0.6 is 0 Å². The summed E-state index contributed by atoms with van der Waals surface area (Å²) < 4.78 is 5.74. The van der Waals surface area contributed by atoms with E-state index in [2.05, 4.69) is 40.5 Å². The minimum Gasteiger partial charge on any atom is -0.372 e. The van der Waals surface area contributed by atoms with Gasteiger partial charge in [-0.15, -0.1) is 0 Å². The molecule has 1 aliphatic carbocycles. The molecule has 1 amide bonds. The standard InChI is InChI=1S/C24H28N4O2/c1-3-22(29)27-8-10-28(11-9-27)24-19-7-6-17(12-21(19)25-15-26-24)23-16(2)4-5-18-13-30-14-20(18)23/h3-5,15,17H,1,6-14H2,2H3/t17-/m0/s1. The molecule has 0 unspecified atom stereocenters. The van der Waals surface area contributed by atoms with Crippen molar-refractivity contribution in [3.63, 3.8) is 0 Å². The van der Waals surface area contributed by atoms with Gasteiger partial charge < -0.3 is 14.5 Å². The number of aromatic nitrogens is 2. The van der Waals surface area contributed by atoms with E-state index in [4.69, 9.17) is 4.74 Å². The minimum atomic E-state index is 0.0111. The molecule has 0 bridgehead atoms. The van der Waals surface area contributed by atoms with Crippen molar-refractivity contribution >= 4 is 11.7 Å². The zero-order valence-corrected chi connectivity index (χ0v) is 17.6. The fourth-order valence-electron chi connectivity index (χ4n) is 5.27. The Kier molecular flexibility index (Phi) is 5.03. The quantitative estimate of drug-likeness (QED) is 0.737. The van der Waals surface area contributed by atoms with Crippen LogP contribution in [0.3, 0.4) is 0 Å². The molecule has 1 fully saturated rings. The van der Waals surface area contributed by atoms with Gasteiger partial charge in [-0.05, 0) is 60.4 Å². The van der Waals surface area contributed by atoms with E-state index in [1.165, 1.54) is 39.6 Å². The molecule has 1 aromatic heterocycles. The topological polar surface area (TPSA) is 58.6 Å². The van der Waals surface area contributed by atoms with Crippen LogP contribution in [0.2, 0.25) is 0 Å². The van der Waals surface area contributed by atoms with Crippen LogP contribution in [-0.2, 0) is 35.6 Å². The molecule has 0 N–H and O–H groups in total. The second-order valence-corrected chi connectivity index (χ2v) is 8.51. The van der Waals surface area contributed by atoms with Gasteiger partial charge in [-0.1, -0.05) is 18.7 Å². The Morgan fingerprint density at radius 2 is 2.00 bits per heavy atom. The molecule has 0 saturated carbocycles. The number of nitrogens with zero attached hydrogens (tertiary/aromatic N) is 4. The third kappa shape index (κ3) is 3.29. The van der Waals surface area contributed by atoms with Crippen LogP contribution in [0.15, 0.2) is 31.1 Å². The number of hydrogen-bond acceptors (Lipinski definition) is 5. The maximum atomic E-state index is 11.9. The van der Waals surface area contributed by atoms with Crippen molar-refractivity contribution in [2.75, 3.05) is 31.1 Å². The Balaban J connectivity index is 1.38. The van der Waals surface area contributed by atoms with E-state index >= 15 is 0 Å². The van der Waals surface area contributed by atoms with E-state index < -0.39 is 0 Å². The lowest BCUT2D eigenvalue weighted by atomic mass is 9.78. The zero-order valence-electron chi connectivity index (χ0n) is 17.6. The van der Waals surface area contributed by atoms with Crippen molar-refractivity contribution in [3.05, 3.63) is 64.6 Å². The number of carbonyl (C=O) groups excluding carboxylic acids is 1. The van der Waals surface area contributed by atoms with Crippen molar-refractivity contribution in [1.82, 2.24) is 14.9 Å². The lowest BCUT2D eigenvalue weighted by molar-refractivity contribution is -0.126. The van der Waals surface area contributed by atoms with E-state index in [0.717, 1.165) is 51.4 Å². The highest BCUT2D eigenvalue weighted by atomic mass is 16.5. The van der Waals surface area contributed by atoms with Crippen molar-refractivity contribution in [2.24, 2.45) is 0 Å². The number of rotatable bonds is 3. The fraction of sp³-hybridized carbons (Fsp3) is 0.458. The van der Waals surface area contributed by atoms with E-state index in [9.17, 15) is 4.79 Å². The van der Waals surface area contributed by atoms with Crippen molar-refractivity contribution in [1.29, 1.82) is 0 Å². The predicted molar refractivity (Wildman–Crippen MR) is 115 cm³/mol. The van der Waals surface area contributed by atoms with Crippen LogP contribution in [0.1, 0.15) is 45.8 Å². The Hall–Kier alpha value is -2.73. The van der Waals surface area contributed by atoms with Gasteiger partial charge in [-0.3, -0.25) is 4.79 Å². The van der Waals surface area contributed by atoms with Gasteiger partial charge in [0.2, 0.25) is 5.91 Å². The van der Waals surface area contributed by atoms with Gasteiger partial charge in [-0.2, -0.15) is 0 Å². The summed E-state index contributed by atoms with van der Waals surface area (Å²) in [6, 6.07) is 4.46. The second kappa shape index (κ2) is 7.84. The van der Waals surface area contributed by atoms with Gasteiger partial charge in [-0.25, -0.2) is 9.97 Å². The highest BCUT2D eigenvalue weighted by molar-refractivity contribution is 5.87. The number of amides is 1.